The van der Waals surface area contributed by atoms with Gasteiger partial charge in [0.1, 0.15) is 17.6 Å². The van der Waals surface area contributed by atoms with E-state index in [1.54, 1.807) is 24.0 Å². The number of nitrogens with zero attached hydrogens (tertiary/aromatic N) is 1. The molecule has 0 spiro atoms. The van der Waals surface area contributed by atoms with E-state index in [2.05, 4.69) is 5.32 Å². The van der Waals surface area contributed by atoms with Gasteiger partial charge in [0.15, 0.2) is 0 Å². The lowest BCUT2D eigenvalue weighted by molar-refractivity contribution is -0.140. The average Bonchev–Trinajstić information content (AvgIpc) is 2.75. The van der Waals surface area contributed by atoms with Crippen molar-refractivity contribution in [1.29, 1.82) is 0 Å². The number of hydrogen-bond acceptors (Lipinski definition) is 3. The van der Waals surface area contributed by atoms with Crippen LogP contribution < -0.4 is 10.1 Å². The molecule has 2 aromatic carbocycles. The van der Waals surface area contributed by atoms with E-state index in [-0.39, 0.29) is 30.6 Å². The number of amides is 2. The molecule has 0 fully saturated rings. The van der Waals surface area contributed by atoms with Crippen molar-refractivity contribution in [2.75, 3.05) is 13.2 Å². The molecule has 0 aliphatic heterocycles. The Labute approximate surface area is 178 Å². The number of halogens is 1. The molecule has 0 saturated carbocycles. The Bertz CT molecular complexity index is 806. The van der Waals surface area contributed by atoms with E-state index in [4.69, 9.17) is 4.74 Å². The SMILES string of the molecule is CCCNC(=O)[C@@H](C)N(Cc1ccc(F)cc1)C(=O)CCCOc1ccc(C)cc1. The summed E-state index contributed by atoms with van der Waals surface area (Å²) < 4.78 is 18.9. The zero-order valence-electron chi connectivity index (χ0n) is 18.0. The van der Waals surface area contributed by atoms with E-state index >= 15 is 0 Å². The molecule has 0 aliphatic carbocycles. The molecule has 2 aromatic rings. The number of rotatable bonds is 11. The standard InChI is InChI=1S/C24H31FN2O3/c1-4-15-26-24(29)19(3)27(17-20-9-11-21(25)12-10-20)23(28)6-5-16-30-22-13-7-18(2)8-14-22/h7-14,19H,4-6,15-17H2,1-3H3,(H,26,29)/t19-/m1/s1. The van der Waals surface area contributed by atoms with Crippen LogP contribution in [0.25, 0.3) is 0 Å². The highest BCUT2D eigenvalue weighted by atomic mass is 19.1. The Balaban J connectivity index is 1.96. The molecule has 0 unspecified atom stereocenters. The molecule has 5 nitrogen and oxygen atoms in total. The van der Waals surface area contributed by atoms with Crippen LogP contribution in [0.3, 0.4) is 0 Å². The molecule has 0 aromatic heterocycles. The van der Waals surface area contributed by atoms with Crippen LogP contribution in [-0.4, -0.2) is 35.9 Å². The molecular formula is C24H31FN2O3. The Morgan fingerprint density at radius 2 is 1.77 bits per heavy atom. The maximum absolute atomic E-state index is 13.2. The van der Waals surface area contributed by atoms with E-state index < -0.39 is 6.04 Å². The summed E-state index contributed by atoms with van der Waals surface area (Å²) in [6.45, 7) is 6.92. The van der Waals surface area contributed by atoms with Crippen molar-refractivity contribution in [1.82, 2.24) is 10.2 Å². The van der Waals surface area contributed by atoms with Gasteiger partial charge in [0.05, 0.1) is 6.61 Å². The van der Waals surface area contributed by atoms with Crippen LogP contribution in [0.4, 0.5) is 4.39 Å². The molecular weight excluding hydrogens is 383 g/mol. The average molecular weight is 415 g/mol. The zero-order valence-corrected chi connectivity index (χ0v) is 18.0. The molecule has 6 heteroatoms. The summed E-state index contributed by atoms with van der Waals surface area (Å²) in [5, 5.41) is 2.84. The van der Waals surface area contributed by atoms with Crippen LogP contribution in [-0.2, 0) is 16.1 Å². The third kappa shape index (κ3) is 7.50. The molecule has 0 heterocycles. The van der Waals surface area contributed by atoms with Crippen molar-refractivity contribution in [3.05, 3.63) is 65.5 Å². The van der Waals surface area contributed by atoms with Gasteiger partial charge in [-0.25, -0.2) is 4.39 Å². The van der Waals surface area contributed by atoms with Crippen molar-refractivity contribution in [2.45, 2.75) is 52.6 Å². The summed E-state index contributed by atoms with van der Waals surface area (Å²) in [5.41, 5.74) is 1.93. The number of ether oxygens (including phenoxy) is 1. The molecule has 0 saturated heterocycles. The highest BCUT2D eigenvalue weighted by molar-refractivity contribution is 5.87. The van der Waals surface area contributed by atoms with Crippen LogP contribution >= 0.6 is 0 Å². The third-order valence-electron chi connectivity index (χ3n) is 4.81. The molecule has 2 rings (SSSR count). The summed E-state index contributed by atoms with van der Waals surface area (Å²) in [6, 6.07) is 13.1. The fraction of sp³-hybridized carbons (Fsp3) is 0.417. The lowest BCUT2D eigenvalue weighted by Crippen LogP contribution is -2.47. The number of hydrogen-bond donors (Lipinski definition) is 1. The zero-order chi connectivity index (χ0) is 21.9. The van der Waals surface area contributed by atoms with Gasteiger partial charge in [0.2, 0.25) is 11.8 Å². The second-order valence-corrected chi connectivity index (χ2v) is 7.38. The van der Waals surface area contributed by atoms with Gasteiger partial charge in [0.25, 0.3) is 0 Å². The van der Waals surface area contributed by atoms with Crippen LogP contribution in [0, 0.1) is 12.7 Å². The van der Waals surface area contributed by atoms with Crippen LogP contribution in [0.1, 0.15) is 44.2 Å². The Kier molecular flexibility index (Phi) is 9.32. The Morgan fingerprint density at radius 1 is 1.10 bits per heavy atom. The normalized spacial score (nSPS) is 11.6. The maximum Gasteiger partial charge on any atom is 0.242 e. The van der Waals surface area contributed by atoms with Gasteiger partial charge in [-0.2, -0.15) is 0 Å². The summed E-state index contributed by atoms with van der Waals surface area (Å²) >= 11 is 0. The largest absolute Gasteiger partial charge is 0.494 e. The van der Waals surface area contributed by atoms with Gasteiger partial charge >= 0.3 is 0 Å². The van der Waals surface area contributed by atoms with Crippen molar-refractivity contribution >= 4 is 11.8 Å². The molecule has 2 amide bonds. The van der Waals surface area contributed by atoms with E-state index in [0.29, 0.717) is 19.6 Å². The first-order valence-corrected chi connectivity index (χ1v) is 10.4. The predicted molar refractivity (Wildman–Crippen MR) is 116 cm³/mol. The second kappa shape index (κ2) is 12.0. The molecule has 0 aliphatic rings. The smallest absolute Gasteiger partial charge is 0.242 e. The highest BCUT2D eigenvalue weighted by Crippen LogP contribution is 2.14. The second-order valence-electron chi connectivity index (χ2n) is 7.38. The summed E-state index contributed by atoms with van der Waals surface area (Å²) in [5.74, 6) is 0.108. The first-order valence-electron chi connectivity index (χ1n) is 10.4. The minimum Gasteiger partial charge on any atom is -0.494 e. The monoisotopic (exact) mass is 414 g/mol. The Hall–Kier alpha value is -2.89. The van der Waals surface area contributed by atoms with Gasteiger partial charge in [-0.1, -0.05) is 36.8 Å². The maximum atomic E-state index is 13.2. The molecule has 0 bridgehead atoms. The van der Waals surface area contributed by atoms with Crippen molar-refractivity contribution in [2.24, 2.45) is 0 Å². The van der Waals surface area contributed by atoms with Gasteiger partial charge in [-0.3, -0.25) is 9.59 Å². The lowest BCUT2D eigenvalue weighted by Gasteiger charge is -2.29. The summed E-state index contributed by atoms with van der Waals surface area (Å²) in [6.07, 6.45) is 1.62. The summed E-state index contributed by atoms with van der Waals surface area (Å²) in [4.78, 5) is 26.9. The topological polar surface area (TPSA) is 58.6 Å². The van der Waals surface area contributed by atoms with Crippen LogP contribution in [0.2, 0.25) is 0 Å². The van der Waals surface area contributed by atoms with E-state index in [0.717, 1.165) is 23.3 Å². The number of benzene rings is 2. The van der Waals surface area contributed by atoms with E-state index in [1.165, 1.54) is 12.1 Å². The lowest BCUT2D eigenvalue weighted by atomic mass is 10.1. The van der Waals surface area contributed by atoms with Gasteiger partial charge in [-0.05, 0) is 56.5 Å². The number of aryl methyl sites for hydroxylation is 1. The predicted octanol–water partition coefficient (Wildman–Crippen LogP) is 4.24. The molecule has 0 radical (unpaired) electrons. The fourth-order valence-electron chi connectivity index (χ4n) is 2.96. The van der Waals surface area contributed by atoms with Crippen molar-refractivity contribution in [3.8, 4) is 5.75 Å². The van der Waals surface area contributed by atoms with Gasteiger partial charge < -0.3 is 15.0 Å². The summed E-state index contributed by atoms with van der Waals surface area (Å²) in [7, 11) is 0. The van der Waals surface area contributed by atoms with Crippen LogP contribution in [0.15, 0.2) is 48.5 Å². The van der Waals surface area contributed by atoms with E-state index in [1.807, 2.05) is 38.1 Å². The van der Waals surface area contributed by atoms with Crippen molar-refractivity contribution < 1.29 is 18.7 Å². The number of carbonyl (C=O) groups excluding carboxylic acids is 2. The van der Waals surface area contributed by atoms with Crippen LogP contribution in [0.5, 0.6) is 5.75 Å². The number of carbonyl (C=O) groups is 2. The molecule has 1 N–H and O–H groups in total. The van der Waals surface area contributed by atoms with Crippen molar-refractivity contribution in [3.63, 3.8) is 0 Å². The highest BCUT2D eigenvalue weighted by Gasteiger charge is 2.25. The first-order chi connectivity index (χ1) is 14.4. The molecule has 1 atom stereocenters. The van der Waals surface area contributed by atoms with Gasteiger partial charge in [0, 0.05) is 19.5 Å². The number of nitrogens with one attached hydrogen (secondary N) is 1. The Morgan fingerprint density at radius 3 is 2.40 bits per heavy atom. The molecule has 30 heavy (non-hydrogen) atoms. The quantitative estimate of drug-likeness (QED) is 0.560. The third-order valence-corrected chi connectivity index (χ3v) is 4.81. The van der Waals surface area contributed by atoms with E-state index in [9.17, 15) is 14.0 Å². The first kappa shape index (κ1) is 23.4. The minimum atomic E-state index is -0.618. The van der Waals surface area contributed by atoms with Gasteiger partial charge in [-0.15, -0.1) is 0 Å². The molecule has 162 valence electrons. The minimum absolute atomic E-state index is 0.133. The fourth-order valence-corrected chi connectivity index (χ4v) is 2.96.